The van der Waals surface area contributed by atoms with Crippen molar-refractivity contribution in [2.75, 3.05) is 38.3 Å². The third kappa shape index (κ3) is 3.77. The van der Waals surface area contributed by atoms with E-state index in [1.165, 1.54) is 13.2 Å². The zero-order valence-corrected chi connectivity index (χ0v) is 11.5. The Balaban J connectivity index is 2.62. The molecule has 0 heterocycles. The molecule has 0 fully saturated rings. The second-order valence-electron chi connectivity index (χ2n) is 4.58. The Morgan fingerprint density at radius 2 is 2.11 bits per heavy atom. The molecule has 0 atom stereocenters. The number of hydrogen-bond acceptors (Lipinski definition) is 4. The summed E-state index contributed by atoms with van der Waals surface area (Å²) < 4.78 is 18.7. The van der Waals surface area contributed by atoms with Gasteiger partial charge in [0, 0.05) is 31.3 Å². The summed E-state index contributed by atoms with van der Waals surface area (Å²) in [4.78, 5) is 2.18. The molecule has 5 heteroatoms. The molecular weight excluding hydrogens is 233 g/mol. The maximum absolute atomic E-state index is 13.6. The van der Waals surface area contributed by atoms with Crippen molar-refractivity contribution in [3.05, 3.63) is 17.9 Å². The predicted molar refractivity (Wildman–Crippen MR) is 73.6 cm³/mol. The number of halogens is 1. The van der Waals surface area contributed by atoms with E-state index in [4.69, 9.17) is 10.5 Å². The number of hydrogen-bond donors (Lipinski definition) is 2. The van der Waals surface area contributed by atoms with E-state index in [9.17, 15) is 4.39 Å². The molecule has 4 nitrogen and oxygen atoms in total. The average molecular weight is 255 g/mol. The first kappa shape index (κ1) is 14.6. The zero-order valence-electron chi connectivity index (χ0n) is 11.5. The number of anilines is 2. The molecule has 0 aromatic heterocycles. The van der Waals surface area contributed by atoms with Crippen LogP contribution in [0.15, 0.2) is 12.1 Å². The van der Waals surface area contributed by atoms with E-state index in [0.29, 0.717) is 29.7 Å². The summed E-state index contributed by atoms with van der Waals surface area (Å²) in [5.74, 6) is 0.122. The van der Waals surface area contributed by atoms with Gasteiger partial charge in [-0.3, -0.25) is 0 Å². The summed E-state index contributed by atoms with van der Waals surface area (Å²) in [7, 11) is 3.55. The molecule has 0 radical (unpaired) electrons. The third-order valence-electron chi connectivity index (χ3n) is 2.98. The molecule has 0 aliphatic heterocycles. The number of methoxy groups -OCH3 is 1. The van der Waals surface area contributed by atoms with E-state index >= 15 is 0 Å². The van der Waals surface area contributed by atoms with E-state index in [2.05, 4.69) is 24.1 Å². The van der Waals surface area contributed by atoms with Gasteiger partial charge in [0.1, 0.15) is 11.6 Å². The van der Waals surface area contributed by atoms with Crippen molar-refractivity contribution in [3.8, 4) is 5.75 Å². The Kier molecular flexibility index (Phi) is 5.22. The van der Waals surface area contributed by atoms with Crippen LogP contribution in [-0.2, 0) is 0 Å². The number of nitrogen functional groups attached to an aromatic ring is 1. The molecule has 1 rings (SSSR count). The first-order valence-corrected chi connectivity index (χ1v) is 6.02. The van der Waals surface area contributed by atoms with E-state index < -0.39 is 0 Å². The van der Waals surface area contributed by atoms with Crippen LogP contribution >= 0.6 is 0 Å². The topological polar surface area (TPSA) is 50.5 Å². The zero-order chi connectivity index (χ0) is 13.7. The van der Waals surface area contributed by atoms with Crippen LogP contribution in [0.4, 0.5) is 15.8 Å². The monoisotopic (exact) mass is 255 g/mol. The van der Waals surface area contributed by atoms with Gasteiger partial charge >= 0.3 is 0 Å². The molecule has 0 saturated carbocycles. The third-order valence-corrected chi connectivity index (χ3v) is 2.98. The highest BCUT2D eigenvalue weighted by molar-refractivity contribution is 5.62. The summed E-state index contributed by atoms with van der Waals surface area (Å²) in [6.45, 7) is 5.74. The van der Waals surface area contributed by atoms with Gasteiger partial charge in [-0.2, -0.15) is 0 Å². The number of nitrogens with one attached hydrogen (secondary N) is 1. The fraction of sp³-hybridized carbons (Fsp3) is 0.538. The van der Waals surface area contributed by atoms with Crippen LogP contribution in [0.5, 0.6) is 5.75 Å². The lowest BCUT2D eigenvalue weighted by Crippen LogP contribution is -2.31. The first-order chi connectivity index (χ1) is 8.45. The number of likely N-dealkylation sites (N-methyl/N-ethyl adjacent to an activating group) is 1. The molecule has 0 spiro atoms. The standard InChI is InChI=1S/C13H22FN3O/c1-9(2)17(3)6-5-16-12-8-13(18-4)11(15)7-10(12)14/h7-9,16H,5-6,15H2,1-4H3. The van der Waals surface area contributed by atoms with Crippen LogP contribution in [0.25, 0.3) is 0 Å². The van der Waals surface area contributed by atoms with Gasteiger partial charge in [0.05, 0.1) is 18.5 Å². The molecule has 0 saturated heterocycles. The number of nitrogens with two attached hydrogens (primary N) is 1. The fourth-order valence-corrected chi connectivity index (χ4v) is 1.51. The molecule has 0 aliphatic carbocycles. The number of rotatable bonds is 6. The highest BCUT2D eigenvalue weighted by Crippen LogP contribution is 2.27. The van der Waals surface area contributed by atoms with Crippen LogP contribution < -0.4 is 15.8 Å². The number of nitrogens with zero attached hydrogens (tertiary/aromatic N) is 1. The van der Waals surface area contributed by atoms with Gasteiger partial charge in [-0.05, 0) is 20.9 Å². The van der Waals surface area contributed by atoms with Gasteiger partial charge in [-0.15, -0.1) is 0 Å². The Morgan fingerprint density at radius 3 is 2.67 bits per heavy atom. The second-order valence-corrected chi connectivity index (χ2v) is 4.58. The summed E-state index contributed by atoms with van der Waals surface area (Å²) in [5, 5.41) is 3.05. The van der Waals surface area contributed by atoms with Crippen molar-refractivity contribution >= 4 is 11.4 Å². The van der Waals surface area contributed by atoms with Crippen molar-refractivity contribution in [1.82, 2.24) is 4.90 Å². The highest BCUT2D eigenvalue weighted by atomic mass is 19.1. The Labute approximate surface area is 108 Å². The van der Waals surface area contributed by atoms with Crippen molar-refractivity contribution in [2.45, 2.75) is 19.9 Å². The molecule has 1 aromatic rings. The van der Waals surface area contributed by atoms with Crippen LogP contribution in [0.3, 0.4) is 0 Å². The van der Waals surface area contributed by atoms with Gasteiger partial charge < -0.3 is 20.7 Å². The van der Waals surface area contributed by atoms with Gasteiger partial charge in [0.25, 0.3) is 0 Å². The van der Waals surface area contributed by atoms with E-state index in [1.54, 1.807) is 6.07 Å². The maximum Gasteiger partial charge on any atom is 0.148 e. The summed E-state index contributed by atoms with van der Waals surface area (Å²) in [6, 6.07) is 3.32. The van der Waals surface area contributed by atoms with Crippen molar-refractivity contribution < 1.29 is 9.13 Å². The van der Waals surface area contributed by atoms with E-state index in [0.717, 1.165) is 6.54 Å². The van der Waals surface area contributed by atoms with Crippen LogP contribution in [-0.4, -0.2) is 38.2 Å². The Bertz CT molecular complexity index is 396. The smallest absolute Gasteiger partial charge is 0.148 e. The normalized spacial score (nSPS) is 11.1. The number of ether oxygens (including phenoxy) is 1. The second kappa shape index (κ2) is 6.44. The fourth-order valence-electron chi connectivity index (χ4n) is 1.51. The minimum atomic E-state index is -0.361. The molecular formula is C13H22FN3O. The van der Waals surface area contributed by atoms with Gasteiger partial charge in [-0.25, -0.2) is 4.39 Å². The van der Waals surface area contributed by atoms with E-state index in [1.807, 2.05) is 7.05 Å². The quantitative estimate of drug-likeness (QED) is 0.765. The van der Waals surface area contributed by atoms with Crippen molar-refractivity contribution in [2.24, 2.45) is 0 Å². The van der Waals surface area contributed by atoms with Gasteiger partial charge in [0.2, 0.25) is 0 Å². The summed E-state index contributed by atoms with van der Waals surface area (Å²) >= 11 is 0. The average Bonchev–Trinajstić information content (AvgIpc) is 2.31. The van der Waals surface area contributed by atoms with E-state index in [-0.39, 0.29) is 5.82 Å². The molecule has 0 aliphatic rings. The van der Waals surface area contributed by atoms with Crippen LogP contribution in [0, 0.1) is 5.82 Å². The molecule has 3 N–H and O–H groups in total. The minimum absolute atomic E-state index is 0.305. The molecule has 18 heavy (non-hydrogen) atoms. The summed E-state index contributed by atoms with van der Waals surface area (Å²) in [5.41, 5.74) is 6.34. The van der Waals surface area contributed by atoms with Crippen molar-refractivity contribution in [3.63, 3.8) is 0 Å². The van der Waals surface area contributed by atoms with Gasteiger partial charge in [-0.1, -0.05) is 0 Å². The number of benzene rings is 1. The first-order valence-electron chi connectivity index (χ1n) is 6.02. The lowest BCUT2D eigenvalue weighted by atomic mass is 10.2. The summed E-state index contributed by atoms with van der Waals surface area (Å²) in [6.07, 6.45) is 0. The Hall–Kier alpha value is -1.49. The molecule has 0 amide bonds. The van der Waals surface area contributed by atoms with Crippen LogP contribution in [0.2, 0.25) is 0 Å². The molecule has 0 unspecified atom stereocenters. The largest absolute Gasteiger partial charge is 0.495 e. The highest BCUT2D eigenvalue weighted by Gasteiger charge is 2.08. The lowest BCUT2D eigenvalue weighted by Gasteiger charge is -2.21. The minimum Gasteiger partial charge on any atom is -0.495 e. The molecule has 102 valence electrons. The lowest BCUT2D eigenvalue weighted by molar-refractivity contribution is 0.284. The maximum atomic E-state index is 13.6. The molecule has 1 aromatic carbocycles. The van der Waals surface area contributed by atoms with Gasteiger partial charge in [0.15, 0.2) is 0 Å². The van der Waals surface area contributed by atoms with Crippen LogP contribution in [0.1, 0.15) is 13.8 Å². The SMILES string of the molecule is COc1cc(NCCN(C)C(C)C)c(F)cc1N. The molecule has 0 bridgehead atoms. The predicted octanol–water partition coefficient (Wildman–Crippen LogP) is 2.17. The Morgan fingerprint density at radius 1 is 1.44 bits per heavy atom. The van der Waals surface area contributed by atoms with Crippen molar-refractivity contribution in [1.29, 1.82) is 0 Å².